The van der Waals surface area contributed by atoms with E-state index >= 15 is 0 Å². The molecule has 0 N–H and O–H groups in total. The summed E-state index contributed by atoms with van der Waals surface area (Å²) in [6, 6.07) is 18.4. The molecule has 21 heavy (non-hydrogen) atoms. The summed E-state index contributed by atoms with van der Waals surface area (Å²) in [5.74, 6) is 1.46. The third-order valence-corrected chi connectivity index (χ3v) is 3.54. The van der Waals surface area contributed by atoms with Gasteiger partial charge in [0.15, 0.2) is 5.76 Å². The molecule has 0 radical (unpaired) electrons. The van der Waals surface area contributed by atoms with Crippen molar-refractivity contribution in [3.05, 3.63) is 66.4 Å². The molecule has 0 saturated carbocycles. The molecular weight excluding hydrogens is 258 g/mol. The predicted octanol–water partition coefficient (Wildman–Crippen LogP) is 5.31. The Balaban J connectivity index is 1.97. The third kappa shape index (κ3) is 2.89. The molecule has 0 bridgehead atoms. The third-order valence-electron chi connectivity index (χ3n) is 3.54. The number of hydrogen-bond donors (Lipinski definition) is 0. The molecule has 0 amide bonds. The Bertz CT molecular complexity index is 736. The van der Waals surface area contributed by atoms with Crippen LogP contribution in [0.15, 0.2) is 65.2 Å². The zero-order valence-corrected chi connectivity index (χ0v) is 12.6. The van der Waals surface area contributed by atoms with Crippen molar-refractivity contribution in [2.75, 3.05) is 0 Å². The minimum Gasteiger partial charge on any atom is -0.436 e. The number of benzene rings is 2. The number of hydrogen-bond acceptors (Lipinski definition) is 2. The number of oxazole rings is 1. The normalized spacial score (nSPS) is 11.6. The Labute approximate surface area is 125 Å². The lowest BCUT2D eigenvalue weighted by Gasteiger charge is -2.19. The molecule has 0 unspecified atom stereocenters. The van der Waals surface area contributed by atoms with Crippen molar-refractivity contribution < 1.29 is 4.42 Å². The number of rotatable bonds is 2. The van der Waals surface area contributed by atoms with Gasteiger partial charge in [0.05, 0.1) is 6.20 Å². The van der Waals surface area contributed by atoms with Crippen LogP contribution in [0.3, 0.4) is 0 Å². The molecule has 3 rings (SSSR count). The van der Waals surface area contributed by atoms with Crippen LogP contribution in [0.2, 0.25) is 0 Å². The largest absolute Gasteiger partial charge is 0.436 e. The lowest BCUT2D eigenvalue weighted by atomic mass is 9.86. The van der Waals surface area contributed by atoms with Gasteiger partial charge in [0.2, 0.25) is 5.89 Å². The summed E-state index contributed by atoms with van der Waals surface area (Å²) in [7, 11) is 0. The molecule has 2 aromatic carbocycles. The minimum absolute atomic E-state index is 0.116. The molecule has 0 aliphatic rings. The maximum Gasteiger partial charge on any atom is 0.226 e. The molecule has 1 aromatic heterocycles. The monoisotopic (exact) mass is 277 g/mol. The highest BCUT2D eigenvalue weighted by Gasteiger charge is 2.15. The van der Waals surface area contributed by atoms with E-state index in [1.54, 1.807) is 6.20 Å². The van der Waals surface area contributed by atoms with Crippen LogP contribution in [0.4, 0.5) is 0 Å². The zero-order chi connectivity index (χ0) is 14.9. The van der Waals surface area contributed by atoms with Gasteiger partial charge in [-0.05, 0) is 23.1 Å². The van der Waals surface area contributed by atoms with E-state index in [9.17, 15) is 0 Å². The van der Waals surface area contributed by atoms with Crippen molar-refractivity contribution >= 4 is 0 Å². The van der Waals surface area contributed by atoms with Crippen molar-refractivity contribution in [3.8, 4) is 22.8 Å². The maximum atomic E-state index is 5.91. The fourth-order valence-corrected chi connectivity index (χ4v) is 2.26. The SMILES string of the molecule is CC(C)(C)c1cccc(-c2ncc(-c3ccccc3)o2)c1. The average Bonchev–Trinajstić information content (AvgIpc) is 2.97. The van der Waals surface area contributed by atoms with Crippen LogP contribution in [-0.2, 0) is 5.41 Å². The highest BCUT2D eigenvalue weighted by molar-refractivity contribution is 5.61. The summed E-state index contributed by atoms with van der Waals surface area (Å²) < 4.78 is 5.91. The van der Waals surface area contributed by atoms with Gasteiger partial charge < -0.3 is 4.42 Å². The van der Waals surface area contributed by atoms with Crippen LogP contribution < -0.4 is 0 Å². The second-order valence-electron chi connectivity index (χ2n) is 6.23. The highest BCUT2D eigenvalue weighted by atomic mass is 16.4. The van der Waals surface area contributed by atoms with E-state index in [0.717, 1.165) is 16.9 Å². The fraction of sp³-hybridized carbons (Fsp3) is 0.211. The van der Waals surface area contributed by atoms with Crippen molar-refractivity contribution in [2.24, 2.45) is 0 Å². The maximum absolute atomic E-state index is 5.91. The Morgan fingerprint density at radius 2 is 1.57 bits per heavy atom. The van der Waals surface area contributed by atoms with Gasteiger partial charge in [-0.25, -0.2) is 4.98 Å². The predicted molar refractivity (Wildman–Crippen MR) is 86.1 cm³/mol. The van der Waals surface area contributed by atoms with Crippen LogP contribution in [-0.4, -0.2) is 4.98 Å². The summed E-state index contributed by atoms with van der Waals surface area (Å²) in [4.78, 5) is 4.42. The average molecular weight is 277 g/mol. The van der Waals surface area contributed by atoms with Crippen molar-refractivity contribution in [1.29, 1.82) is 0 Å². The molecule has 1 heterocycles. The van der Waals surface area contributed by atoms with Gasteiger partial charge in [-0.1, -0.05) is 63.2 Å². The van der Waals surface area contributed by atoms with E-state index in [2.05, 4.69) is 44.0 Å². The molecule has 0 spiro atoms. The quantitative estimate of drug-likeness (QED) is 0.634. The van der Waals surface area contributed by atoms with Gasteiger partial charge in [-0.15, -0.1) is 0 Å². The zero-order valence-electron chi connectivity index (χ0n) is 12.6. The smallest absolute Gasteiger partial charge is 0.226 e. The van der Waals surface area contributed by atoms with E-state index in [1.807, 2.05) is 36.4 Å². The first-order valence-electron chi connectivity index (χ1n) is 7.16. The molecule has 106 valence electrons. The van der Waals surface area contributed by atoms with Crippen LogP contribution in [0.25, 0.3) is 22.8 Å². The minimum atomic E-state index is 0.116. The molecular formula is C19H19NO. The Morgan fingerprint density at radius 3 is 2.29 bits per heavy atom. The van der Waals surface area contributed by atoms with Gasteiger partial charge in [0.25, 0.3) is 0 Å². The summed E-state index contributed by atoms with van der Waals surface area (Å²) in [5.41, 5.74) is 3.46. The second-order valence-corrected chi connectivity index (χ2v) is 6.23. The van der Waals surface area contributed by atoms with E-state index in [-0.39, 0.29) is 5.41 Å². The molecule has 3 aromatic rings. The van der Waals surface area contributed by atoms with Crippen LogP contribution >= 0.6 is 0 Å². The van der Waals surface area contributed by atoms with Gasteiger partial charge in [0.1, 0.15) is 0 Å². The van der Waals surface area contributed by atoms with E-state index in [1.165, 1.54) is 5.56 Å². The second kappa shape index (κ2) is 5.21. The first kappa shape index (κ1) is 13.6. The van der Waals surface area contributed by atoms with E-state index < -0.39 is 0 Å². The van der Waals surface area contributed by atoms with Crippen molar-refractivity contribution in [3.63, 3.8) is 0 Å². The molecule has 2 nitrogen and oxygen atoms in total. The molecule has 0 aliphatic carbocycles. The van der Waals surface area contributed by atoms with E-state index in [0.29, 0.717) is 5.89 Å². The summed E-state index contributed by atoms with van der Waals surface area (Å²) in [6.45, 7) is 6.62. The molecule has 0 atom stereocenters. The molecule has 0 saturated heterocycles. The Morgan fingerprint density at radius 1 is 0.857 bits per heavy atom. The fourth-order valence-electron chi connectivity index (χ4n) is 2.26. The lowest BCUT2D eigenvalue weighted by Crippen LogP contribution is -2.10. The van der Waals surface area contributed by atoms with Crippen LogP contribution in [0.5, 0.6) is 0 Å². The van der Waals surface area contributed by atoms with Gasteiger partial charge in [0, 0.05) is 11.1 Å². The molecule has 0 aliphatic heterocycles. The lowest BCUT2D eigenvalue weighted by molar-refractivity contribution is 0.582. The molecule has 2 heteroatoms. The number of nitrogens with zero attached hydrogens (tertiary/aromatic N) is 1. The van der Waals surface area contributed by atoms with Gasteiger partial charge in [-0.2, -0.15) is 0 Å². The van der Waals surface area contributed by atoms with Crippen LogP contribution in [0.1, 0.15) is 26.3 Å². The Hall–Kier alpha value is -2.35. The van der Waals surface area contributed by atoms with Crippen LogP contribution in [0, 0.1) is 0 Å². The first-order chi connectivity index (χ1) is 10.0. The molecule has 0 fully saturated rings. The van der Waals surface area contributed by atoms with Crippen molar-refractivity contribution in [2.45, 2.75) is 26.2 Å². The first-order valence-corrected chi connectivity index (χ1v) is 7.16. The standard InChI is InChI=1S/C19H19NO/c1-19(2,3)16-11-7-10-15(12-16)18-20-13-17(21-18)14-8-5-4-6-9-14/h4-13H,1-3H3. The highest BCUT2D eigenvalue weighted by Crippen LogP contribution is 2.29. The van der Waals surface area contributed by atoms with Crippen molar-refractivity contribution in [1.82, 2.24) is 4.98 Å². The summed E-state index contributed by atoms with van der Waals surface area (Å²) >= 11 is 0. The summed E-state index contributed by atoms with van der Waals surface area (Å²) in [5, 5.41) is 0. The van der Waals surface area contributed by atoms with Gasteiger partial charge in [-0.3, -0.25) is 0 Å². The number of aromatic nitrogens is 1. The van der Waals surface area contributed by atoms with Gasteiger partial charge >= 0.3 is 0 Å². The Kier molecular flexibility index (Phi) is 3.38. The summed E-state index contributed by atoms with van der Waals surface area (Å²) in [6.07, 6.45) is 1.79. The van der Waals surface area contributed by atoms with E-state index in [4.69, 9.17) is 4.42 Å². The topological polar surface area (TPSA) is 26.0 Å².